The van der Waals surface area contributed by atoms with Crippen LogP contribution in [0.25, 0.3) is 0 Å². The van der Waals surface area contributed by atoms with Gasteiger partial charge >= 0.3 is 0 Å². The molecule has 6 heteroatoms. The Kier molecular flexibility index (Phi) is 6.53. The van der Waals surface area contributed by atoms with E-state index in [1.54, 1.807) is 6.20 Å². The number of carbonyl (C=O) groups excluding carboxylic acids is 1. The highest BCUT2D eigenvalue weighted by molar-refractivity contribution is 5.86. The van der Waals surface area contributed by atoms with Crippen LogP contribution < -0.4 is 0 Å². The highest BCUT2D eigenvalue weighted by atomic mass is 16.3. The number of nitrogens with zero attached hydrogens (tertiary/aromatic N) is 4. The molecule has 1 amide bonds. The number of aromatic nitrogens is 2. The fraction of sp³-hybridized carbons (Fsp3) is 0.476. The first kappa shape index (κ1) is 19.5. The predicted octanol–water partition coefficient (Wildman–Crippen LogP) is 1.89. The number of likely N-dealkylation sites (N-methyl/N-ethyl adjacent to an activating group) is 1. The Bertz CT molecular complexity index is 725. The molecule has 144 valence electrons. The summed E-state index contributed by atoms with van der Waals surface area (Å²) in [5.74, 6) is -0.142. The summed E-state index contributed by atoms with van der Waals surface area (Å²) in [5.41, 5.74) is 0.841. The van der Waals surface area contributed by atoms with E-state index in [-0.39, 0.29) is 5.91 Å². The summed E-state index contributed by atoms with van der Waals surface area (Å²) in [7, 11) is 1.90. The molecular formula is C21H28N4O2. The van der Waals surface area contributed by atoms with E-state index in [4.69, 9.17) is 0 Å². The summed E-state index contributed by atoms with van der Waals surface area (Å²) in [5, 5.41) is 11.0. The van der Waals surface area contributed by atoms with Crippen molar-refractivity contribution in [2.24, 2.45) is 0 Å². The number of aliphatic hydroxyl groups is 1. The predicted molar refractivity (Wildman–Crippen MR) is 104 cm³/mol. The summed E-state index contributed by atoms with van der Waals surface area (Å²) in [4.78, 5) is 24.8. The van der Waals surface area contributed by atoms with Crippen LogP contribution in [-0.2, 0) is 17.8 Å². The number of benzene rings is 1. The van der Waals surface area contributed by atoms with Crippen molar-refractivity contribution in [3.05, 3.63) is 60.2 Å². The molecule has 1 fully saturated rings. The van der Waals surface area contributed by atoms with Crippen LogP contribution in [0.2, 0.25) is 0 Å². The number of carbonyl (C=O) groups is 1. The Labute approximate surface area is 160 Å². The van der Waals surface area contributed by atoms with Gasteiger partial charge in [0.15, 0.2) is 5.60 Å². The van der Waals surface area contributed by atoms with Crippen LogP contribution in [0.15, 0.2) is 48.9 Å². The molecule has 0 saturated carbocycles. The van der Waals surface area contributed by atoms with E-state index in [1.807, 2.05) is 41.1 Å². The molecule has 1 aliphatic rings. The second-order valence-electron chi connectivity index (χ2n) is 7.39. The molecule has 1 atom stereocenters. The number of hydrogen-bond donors (Lipinski definition) is 1. The van der Waals surface area contributed by atoms with Crippen LogP contribution in [-0.4, -0.2) is 63.1 Å². The lowest BCUT2D eigenvalue weighted by atomic mass is 9.91. The molecule has 1 aromatic carbocycles. The van der Waals surface area contributed by atoms with Crippen LogP contribution in [0.5, 0.6) is 0 Å². The smallest absolute Gasteiger partial charge is 0.255 e. The normalized spacial score (nSPS) is 20.3. The minimum Gasteiger partial charge on any atom is -0.379 e. The van der Waals surface area contributed by atoms with E-state index < -0.39 is 5.60 Å². The molecule has 0 bridgehead atoms. The molecule has 2 heterocycles. The standard InChI is InChI=1S/C21H28N4O2/c1-24(15-19-10-12-22-17-23-19)16-21(27)11-6-14-25(20(21)26)13-5-9-18-7-3-2-4-8-18/h2-4,7-8,10,12,17,27H,5-6,9,11,13-16H2,1H3/t21-/m1/s1. The van der Waals surface area contributed by atoms with Gasteiger partial charge < -0.3 is 10.0 Å². The molecule has 1 N–H and O–H groups in total. The van der Waals surface area contributed by atoms with Gasteiger partial charge in [0.25, 0.3) is 5.91 Å². The SMILES string of the molecule is CN(Cc1ccncn1)C[C@]1(O)CCCN(CCCc2ccccc2)C1=O. The average Bonchev–Trinajstić information content (AvgIpc) is 2.67. The van der Waals surface area contributed by atoms with Gasteiger partial charge in [-0.1, -0.05) is 30.3 Å². The monoisotopic (exact) mass is 368 g/mol. The second-order valence-corrected chi connectivity index (χ2v) is 7.39. The number of aryl methyl sites for hydroxylation is 1. The van der Waals surface area contributed by atoms with Crippen molar-refractivity contribution in [1.29, 1.82) is 0 Å². The van der Waals surface area contributed by atoms with E-state index in [0.717, 1.165) is 31.5 Å². The molecule has 0 spiro atoms. The van der Waals surface area contributed by atoms with Gasteiger partial charge in [-0.15, -0.1) is 0 Å². The maximum atomic E-state index is 12.9. The Hall–Kier alpha value is -2.31. The van der Waals surface area contributed by atoms with Crippen molar-refractivity contribution in [3.63, 3.8) is 0 Å². The van der Waals surface area contributed by atoms with Crippen LogP contribution in [0, 0.1) is 0 Å². The van der Waals surface area contributed by atoms with Crippen molar-refractivity contribution in [2.75, 3.05) is 26.7 Å². The summed E-state index contributed by atoms with van der Waals surface area (Å²) >= 11 is 0. The molecule has 1 saturated heterocycles. The van der Waals surface area contributed by atoms with E-state index in [9.17, 15) is 9.90 Å². The number of likely N-dealkylation sites (tertiary alicyclic amines) is 1. The molecule has 0 unspecified atom stereocenters. The topological polar surface area (TPSA) is 69.6 Å². The second kappa shape index (κ2) is 9.06. The minimum atomic E-state index is -1.31. The number of piperidine rings is 1. The Morgan fingerprint density at radius 3 is 2.81 bits per heavy atom. The Balaban J connectivity index is 1.53. The lowest BCUT2D eigenvalue weighted by molar-refractivity contribution is -0.159. The summed E-state index contributed by atoms with van der Waals surface area (Å²) < 4.78 is 0. The van der Waals surface area contributed by atoms with Gasteiger partial charge in [-0.25, -0.2) is 9.97 Å². The van der Waals surface area contributed by atoms with Crippen LogP contribution in [0.3, 0.4) is 0 Å². The van der Waals surface area contributed by atoms with Crippen LogP contribution in [0.4, 0.5) is 0 Å². The van der Waals surface area contributed by atoms with Gasteiger partial charge in [0.2, 0.25) is 0 Å². The van der Waals surface area contributed by atoms with E-state index >= 15 is 0 Å². The summed E-state index contributed by atoms with van der Waals surface area (Å²) in [6.07, 6.45) is 6.40. The fourth-order valence-corrected chi connectivity index (χ4v) is 3.73. The summed E-state index contributed by atoms with van der Waals surface area (Å²) in [6, 6.07) is 12.1. The third kappa shape index (κ3) is 5.34. The van der Waals surface area contributed by atoms with E-state index in [0.29, 0.717) is 26.1 Å². The van der Waals surface area contributed by atoms with Gasteiger partial charge in [0.1, 0.15) is 6.33 Å². The molecule has 6 nitrogen and oxygen atoms in total. The van der Waals surface area contributed by atoms with Gasteiger partial charge in [0, 0.05) is 32.4 Å². The highest BCUT2D eigenvalue weighted by Crippen LogP contribution is 2.24. The van der Waals surface area contributed by atoms with Gasteiger partial charge in [0.05, 0.1) is 5.69 Å². The van der Waals surface area contributed by atoms with Crippen molar-refractivity contribution in [3.8, 4) is 0 Å². The molecule has 27 heavy (non-hydrogen) atoms. The first-order valence-corrected chi connectivity index (χ1v) is 9.56. The first-order valence-electron chi connectivity index (χ1n) is 9.56. The molecule has 0 radical (unpaired) electrons. The third-order valence-corrected chi connectivity index (χ3v) is 5.05. The molecule has 0 aliphatic carbocycles. The highest BCUT2D eigenvalue weighted by Gasteiger charge is 2.42. The number of rotatable bonds is 8. The molecule has 1 aliphatic heterocycles. The number of amides is 1. The maximum Gasteiger partial charge on any atom is 0.255 e. The lowest BCUT2D eigenvalue weighted by Gasteiger charge is -2.40. The van der Waals surface area contributed by atoms with Crippen LogP contribution in [0.1, 0.15) is 30.5 Å². The third-order valence-electron chi connectivity index (χ3n) is 5.05. The Morgan fingerprint density at radius 1 is 1.26 bits per heavy atom. The molecular weight excluding hydrogens is 340 g/mol. The largest absolute Gasteiger partial charge is 0.379 e. The van der Waals surface area contributed by atoms with Crippen molar-refractivity contribution < 1.29 is 9.90 Å². The number of hydrogen-bond acceptors (Lipinski definition) is 5. The van der Waals surface area contributed by atoms with E-state index in [1.165, 1.54) is 11.9 Å². The minimum absolute atomic E-state index is 0.142. The van der Waals surface area contributed by atoms with E-state index in [2.05, 4.69) is 22.1 Å². The van der Waals surface area contributed by atoms with Gasteiger partial charge in [-0.05, 0) is 44.4 Å². The van der Waals surface area contributed by atoms with Gasteiger partial charge in [-0.3, -0.25) is 9.69 Å². The van der Waals surface area contributed by atoms with Gasteiger partial charge in [-0.2, -0.15) is 0 Å². The van der Waals surface area contributed by atoms with Crippen molar-refractivity contribution in [2.45, 2.75) is 37.8 Å². The molecule has 2 aromatic rings. The Morgan fingerprint density at radius 2 is 2.07 bits per heavy atom. The summed E-state index contributed by atoms with van der Waals surface area (Å²) in [6.45, 7) is 2.30. The fourth-order valence-electron chi connectivity index (χ4n) is 3.73. The maximum absolute atomic E-state index is 12.9. The van der Waals surface area contributed by atoms with Crippen LogP contribution >= 0.6 is 0 Å². The zero-order valence-electron chi connectivity index (χ0n) is 15.9. The quantitative estimate of drug-likeness (QED) is 0.771. The zero-order valence-corrected chi connectivity index (χ0v) is 15.9. The van der Waals surface area contributed by atoms with Crippen molar-refractivity contribution >= 4 is 5.91 Å². The lowest BCUT2D eigenvalue weighted by Crippen LogP contribution is -2.58. The zero-order chi connectivity index (χ0) is 19.1. The molecule has 3 rings (SSSR count). The average molecular weight is 368 g/mol. The van der Waals surface area contributed by atoms with Crippen molar-refractivity contribution in [1.82, 2.24) is 19.8 Å². The first-order chi connectivity index (χ1) is 13.1. The molecule has 1 aromatic heterocycles.